The highest BCUT2D eigenvalue weighted by Gasteiger charge is 2.33. The van der Waals surface area contributed by atoms with Gasteiger partial charge in [-0.05, 0) is 30.9 Å². The average molecular weight is 309 g/mol. The highest BCUT2D eigenvalue weighted by molar-refractivity contribution is 6.31. The molecule has 1 aromatic carbocycles. The standard InChI is InChI=1S/C18H29ClN2/c1-5-8-15-12-21(18(11-20-15)13(2)3)14(4)16-9-6-7-10-17(16)19/h6-7,9-10,13-15,18,20H,5,8,11-12H2,1-4H3. The molecular weight excluding hydrogens is 280 g/mol. The molecule has 118 valence electrons. The fourth-order valence-corrected chi connectivity index (χ4v) is 3.75. The molecule has 3 heteroatoms. The van der Waals surface area contributed by atoms with Gasteiger partial charge in [-0.3, -0.25) is 4.90 Å². The molecule has 0 radical (unpaired) electrons. The Morgan fingerprint density at radius 2 is 2.00 bits per heavy atom. The van der Waals surface area contributed by atoms with Gasteiger partial charge in [0.05, 0.1) is 0 Å². The molecule has 3 atom stereocenters. The molecule has 0 aliphatic carbocycles. The van der Waals surface area contributed by atoms with Gasteiger partial charge in [0.25, 0.3) is 0 Å². The van der Waals surface area contributed by atoms with E-state index in [-0.39, 0.29) is 0 Å². The summed E-state index contributed by atoms with van der Waals surface area (Å²) < 4.78 is 0. The third-order valence-electron chi connectivity index (χ3n) is 4.73. The molecule has 1 aliphatic rings. The number of hydrogen-bond acceptors (Lipinski definition) is 2. The van der Waals surface area contributed by atoms with Gasteiger partial charge in [-0.2, -0.15) is 0 Å². The Balaban J connectivity index is 2.20. The number of hydrogen-bond donors (Lipinski definition) is 1. The first-order chi connectivity index (χ1) is 10.0. The number of halogens is 1. The van der Waals surface area contributed by atoms with Crippen molar-refractivity contribution in [2.24, 2.45) is 5.92 Å². The minimum Gasteiger partial charge on any atom is -0.311 e. The fourth-order valence-electron chi connectivity index (χ4n) is 3.46. The molecule has 3 unspecified atom stereocenters. The van der Waals surface area contributed by atoms with Gasteiger partial charge in [0, 0.05) is 36.2 Å². The van der Waals surface area contributed by atoms with Crippen molar-refractivity contribution in [3.63, 3.8) is 0 Å². The van der Waals surface area contributed by atoms with E-state index >= 15 is 0 Å². The first kappa shape index (κ1) is 16.8. The topological polar surface area (TPSA) is 15.3 Å². The second kappa shape index (κ2) is 7.62. The highest BCUT2D eigenvalue weighted by Crippen LogP contribution is 2.31. The van der Waals surface area contributed by atoms with Crippen molar-refractivity contribution in [3.05, 3.63) is 34.9 Å². The van der Waals surface area contributed by atoms with Gasteiger partial charge < -0.3 is 5.32 Å². The number of benzene rings is 1. The summed E-state index contributed by atoms with van der Waals surface area (Å²) in [6, 6.07) is 9.82. The van der Waals surface area contributed by atoms with Gasteiger partial charge in [0.2, 0.25) is 0 Å². The minimum absolute atomic E-state index is 0.368. The van der Waals surface area contributed by atoms with E-state index in [2.05, 4.69) is 50.0 Å². The van der Waals surface area contributed by atoms with Crippen LogP contribution in [0.1, 0.15) is 52.1 Å². The molecular formula is C18H29ClN2. The Hall–Kier alpha value is -0.570. The Labute approximate surface area is 134 Å². The lowest BCUT2D eigenvalue weighted by atomic mass is 9.93. The van der Waals surface area contributed by atoms with Crippen LogP contribution in [0.3, 0.4) is 0 Å². The summed E-state index contributed by atoms with van der Waals surface area (Å²) in [7, 11) is 0. The van der Waals surface area contributed by atoms with Crippen LogP contribution in [0.2, 0.25) is 5.02 Å². The van der Waals surface area contributed by atoms with Crippen LogP contribution < -0.4 is 5.32 Å². The molecule has 0 saturated carbocycles. The number of rotatable bonds is 5. The summed E-state index contributed by atoms with van der Waals surface area (Å²) in [6.45, 7) is 11.4. The van der Waals surface area contributed by atoms with Gasteiger partial charge in [-0.15, -0.1) is 0 Å². The molecule has 0 spiro atoms. The number of piperazine rings is 1. The quantitative estimate of drug-likeness (QED) is 0.861. The Kier molecular flexibility index (Phi) is 6.09. The zero-order chi connectivity index (χ0) is 15.4. The van der Waals surface area contributed by atoms with Crippen LogP contribution in [0.15, 0.2) is 24.3 Å². The van der Waals surface area contributed by atoms with E-state index in [0.717, 1.165) is 18.1 Å². The lowest BCUT2D eigenvalue weighted by Crippen LogP contribution is -2.58. The smallest absolute Gasteiger partial charge is 0.0453 e. The van der Waals surface area contributed by atoms with Crippen molar-refractivity contribution in [3.8, 4) is 0 Å². The van der Waals surface area contributed by atoms with E-state index in [0.29, 0.717) is 24.0 Å². The van der Waals surface area contributed by atoms with E-state index in [4.69, 9.17) is 11.6 Å². The summed E-state index contributed by atoms with van der Waals surface area (Å²) in [6.07, 6.45) is 2.48. The second-order valence-electron chi connectivity index (χ2n) is 6.60. The van der Waals surface area contributed by atoms with Gasteiger partial charge >= 0.3 is 0 Å². The van der Waals surface area contributed by atoms with Crippen molar-refractivity contribution in [2.75, 3.05) is 13.1 Å². The van der Waals surface area contributed by atoms with Gasteiger partial charge in [0.15, 0.2) is 0 Å². The number of nitrogens with one attached hydrogen (secondary N) is 1. The fraction of sp³-hybridized carbons (Fsp3) is 0.667. The van der Waals surface area contributed by atoms with Crippen LogP contribution in [0.5, 0.6) is 0 Å². The van der Waals surface area contributed by atoms with E-state index in [1.165, 1.54) is 18.4 Å². The maximum atomic E-state index is 6.42. The second-order valence-corrected chi connectivity index (χ2v) is 7.01. The highest BCUT2D eigenvalue weighted by atomic mass is 35.5. The molecule has 2 nitrogen and oxygen atoms in total. The average Bonchev–Trinajstić information content (AvgIpc) is 2.47. The molecule has 1 aromatic rings. The monoisotopic (exact) mass is 308 g/mol. The lowest BCUT2D eigenvalue weighted by Gasteiger charge is -2.46. The first-order valence-electron chi connectivity index (χ1n) is 8.28. The summed E-state index contributed by atoms with van der Waals surface area (Å²) in [5, 5.41) is 4.61. The van der Waals surface area contributed by atoms with Gasteiger partial charge in [-0.25, -0.2) is 0 Å². The zero-order valence-corrected chi connectivity index (χ0v) is 14.5. The molecule has 0 amide bonds. The normalized spacial score (nSPS) is 25.2. The molecule has 21 heavy (non-hydrogen) atoms. The summed E-state index contributed by atoms with van der Waals surface area (Å²) in [5.74, 6) is 0.644. The van der Waals surface area contributed by atoms with Crippen LogP contribution in [0.4, 0.5) is 0 Å². The molecule has 2 rings (SSSR count). The zero-order valence-electron chi connectivity index (χ0n) is 13.8. The van der Waals surface area contributed by atoms with Crippen LogP contribution in [-0.4, -0.2) is 30.1 Å². The Morgan fingerprint density at radius 1 is 1.29 bits per heavy atom. The molecule has 1 heterocycles. The Morgan fingerprint density at radius 3 is 2.62 bits per heavy atom. The van der Waals surface area contributed by atoms with Crippen molar-refractivity contribution in [1.82, 2.24) is 10.2 Å². The predicted molar refractivity (Wildman–Crippen MR) is 91.9 cm³/mol. The van der Waals surface area contributed by atoms with Crippen LogP contribution >= 0.6 is 11.6 Å². The molecule has 1 saturated heterocycles. The molecule has 0 aromatic heterocycles. The molecule has 1 N–H and O–H groups in total. The molecule has 1 aliphatic heterocycles. The molecule has 1 fully saturated rings. The van der Waals surface area contributed by atoms with Crippen molar-refractivity contribution >= 4 is 11.6 Å². The minimum atomic E-state index is 0.368. The van der Waals surface area contributed by atoms with Gasteiger partial charge in [-0.1, -0.05) is 57.0 Å². The van der Waals surface area contributed by atoms with E-state index < -0.39 is 0 Å². The maximum absolute atomic E-state index is 6.42. The maximum Gasteiger partial charge on any atom is 0.0453 e. The summed E-state index contributed by atoms with van der Waals surface area (Å²) in [4.78, 5) is 2.66. The third kappa shape index (κ3) is 4.00. The molecule has 0 bridgehead atoms. The SMILES string of the molecule is CCCC1CN(C(C)c2ccccc2Cl)C(C(C)C)CN1. The number of nitrogens with zero attached hydrogens (tertiary/aromatic N) is 1. The van der Waals surface area contributed by atoms with E-state index in [1.54, 1.807) is 0 Å². The largest absolute Gasteiger partial charge is 0.311 e. The van der Waals surface area contributed by atoms with E-state index in [9.17, 15) is 0 Å². The van der Waals surface area contributed by atoms with Gasteiger partial charge in [0.1, 0.15) is 0 Å². The van der Waals surface area contributed by atoms with Crippen LogP contribution in [-0.2, 0) is 0 Å². The van der Waals surface area contributed by atoms with Crippen LogP contribution in [0, 0.1) is 5.92 Å². The Bertz CT molecular complexity index is 447. The van der Waals surface area contributed by atoms with Crippen molar-refractivity contribution < 1.29 is 0 Å². The van der Waals surface area contributed by atoms with Crippen molar-refractivity contribution in [1.29, 1.82) is 0 Å². The predicted octanol–water partition coefficient (Wildman–Crippen LogP) is 4.50. The third-order valence-corrected chi connectivity index (χ3v) is 5.08. The lowest BCUT2D eigenvalue weighted by molar-refractivity contribution is 0.0598. The van der Waals surface area contributed by atoms with Crippen molar-refractivity contribution in [2.45, 2.75) is 58.7 Å². The summed E-state index contributed by atoms with van der Waals surface area (Å²) in [5.41, 5.74) is 1.25. The van der Waals surface area contributed by atoms with Crippen LogP contribution in [0.25, 0.3) is 0 Å². The van der Waals surface area contributed by atoms with E-state index in [1.807, 2.05) is 12.1 Å². The first-order valence-corrected chi connectivity index (χ1v) is 8.66. The summed E-state index contributed by atoms with van der Waals surface area (Å²) >= 11 is 6.42.